The Morgan fingerprint density at radius 2 is 1.90 bits per heavy atom. The van der Waals surface area contributed by atoms with Crippen LogP contribution in [0.25, 0.3) is 0 Å². The number of hydrogen-bond acceptors (Lipinski definition) is 8. The third-order valence-electron chi connectivity index (χ3n) is 5.16. The van der Waals surface area contributed by atoms with Crippen molar-refractivity contribution < 1.29 is 24.3 Å². The normalized spacial score (nSPS) is 18.8. The van der Waals surface area contributed by atoms with Crippen LogP contribution in [0, 0.1) is 0 Å². The smallest absolute Gasteiger partial charge is 0.326 e. The van der Waals surface area contributed by atoms with Crippen molar-refractivity contribution in [3.05, 3.63) is 0 Å². The molecule has 178 valence electrons. The largest absolute Gasteiger partial charge is 0.480 e. The van der Waals surface area contributed by atoms with Gasteiger partial charge in [-0.2, -0.15) is 24.4 Å². The van der Waals surface area contributed by atoms with Crippen molar-refractivity contribution in [1.29, 1.82) is 0 Å². The molecule has 4 atom stereocenters. The van der Waals surface area contributed by atoms with Crippen molar-refractivity contribution in [3.63, 3.8) is 0 Å². The molecule has 1 heterocycles. The fourth-order valence-corrected chi connectivity index (χ4v) is 4.02. The van der Waals surface area contributed by atoms with E-state index in [9.17, 15) is 24.3 Å². The van der Waals surface area contributed by atoms with Crippen LogP contribution in [0.15, 0.2) is 0 Å². The van der Waals surface area contributed by atoms with E-state index in [0.29, 0.717) is 50.9 Å². The van der Waals surface area contributed by atoms with Gasteiger partial charge in [-0.25, -0.2) is 4.79 Å². The highest BCUT2D eigenvalue weighted by Crippen LogP contribution is 2.19. The van der Waals surface area contributed by atoms with Gasteiger partial charge in [-0.15, -0.1) is 0 Å². The molecule has 0 aliphatic carbocycles. The minimum atomic E-state index is -1.12. The van der Waals surface area contributed by atoms with Crippen LogP contribution >= 0.6 is 24.4 Å². The number of hydrogen-bond donors (Lipinski definition) is 6. The van der Waals surface area contributed by atoms with Crippen molar-refractivity contribution in [2.45, 2.75) is 62.7 Å². The van der Waals surface area contributed by atoms with Crippen molar-refractivity contribution in [3.8, 4) is 0 Å². The molecule has 7 N–H and O–H groups in total. The second-order valence-corrected chi connectivity index (χ2v) is 8.86. The molecule has 0 aromatic heterocycles. The summed E-state index contributed by atoms with van der Waals surface area (Å²) in [6, 6.07) is -3.46. The third kappa shape index (κ3) is 8.87. The molecule has 0 aromatic carbocycles. The maximum Gasteiger partial charge on any atom is 0.326 e. The molecule has 31 heavy (non-hydrogen) atoms. The molecule has 0 aromatic rings. The number of amides is 3. The zero-order valence-corrected chi connectivity index (χ0v) is 19.6. The summed E-state index contributed by atoms with van der Waals surface area (Å²) in [6.45, 7) is 0.860. The molecule has 0 radical (unpaired) electrons. The molecule has 12 heteroatoms. The van der Waals surface area contributed by atoms with Crippen LogP contribution < -0.4 is 22.1 Å². The summed E-state index contributed by atoms with van der Waals surface area (Å²) in [4.78, 5) is 51.1. The molecular formula is C19H35N5O5S2. The van der Waals surface area contributed by atoms with Crippen LogP contribution in [0.1, 0.15) is 38.5 Å². The Bertz CT molecular complexity index is 624. The highest BCUT2D eigenvalue weighted by atomic mass is 32.2. The first-order chi connectivity index (χ1) is 14.8. The van der Waals surface area contributed by atoms with Crippen LogP contribution in [-0.4, -0.2) is 88.7 Å². The van der Waals surface area contributed by atoms with E-state index in [1.54, 1.807) is 0 Å². The summed E-state index contributed by atoms with van der Waals surface area (Å²) in [5.41, 5.74) is 11.3. The van der Waals surface area contributed by atoms with Gasteiger partial charge in [-0.1, -0.05) is 0 Å². The first-order valence-corrected chi connectivity index (χ1v) is 12.5. The van der Waals surface area contributed by atoms with E-state index in [4.69, 9.17) is 11.5 Å². The molecular weight excluding hydrogens is 442 g/mol. The molecule has 0 spiro atoms. The van der Waals surface area contributed by atoms with E-state index in [-0.39, 0.29) is 18.1 Å². The summed E-state index contributed by atoms with van der Waals surface area (Å²) in [5.74, 6) is -1.72. The second kappa shape index (κ2) is 14.5. The van der Waals surface area contributed by atoms with Crippen LogP contribution in [0.4, 0.5) is 0 Å². The SMILES string of the molecule is CSCCC(NC(=O)C(CCCCN)NC(=O)C1CCCN1C(=O)C(N)CS)C(=O)O. The molecule has 0 saturated carbocycles. The lowest BCUT2D eigenvalue weighted by Crippen LogP contribution is -2.56. The number of carboxylic acids is 1. The number of nitrogens with zero attached hydrogens (tertiary/aromatic N) is 1. The van der Waals surface area contributed by atoms with Crippen molar-refractivity contribution in [1.82, 2.24) is 15.5 Å². The van der Waals surface area contributed by atoms with E-state index >= 15 is 0 Å². The Kier molecular flexibility index (Phi) is 12.9. The molecule has 3 amide bonds. The van der Waals surface area contributed by atoms with Gasteiger partial charge in [0.1, 0.15) is 18.1 Å². The third-order valence-corrected chi connectivity index (χ3v) is 6.19. The fourth-order valence-electron chi connectivity index (χ4n) is 3.39. The summed E-state index contributed by atoms with van der Waals surface area (Å²) in [5, 5.41) is 14.6. The molecule has 1 aliphatic rings. The number of thiol groups is 1. The lowest BCUT2D eigenvalue weighted by molar-refractivity contribution is -0.143. The summed E-state index contributed by atoms with van der Waals surface area (Å²) in [7, 11) is 0. The molecule has 10 nitrogen and oxygen atoms in total. The first kappa shape index (κ1) is 27.5. The number of aliphatic carboxylic acids is 1. The second-order valence-electron chi connectivity index (χ2n) is 7.51. The molecule has 1 fully saturated rings. The Morgan fingerprint density at radius 1 is 1.19 bits per heavy atom. The van der Waals surface area contributed by atoms with Gasteiger partial charge in [0.15, 0.2) is 0 Å². The lowest BCUT2D eigenvalue weighted by atomic mass is 10.1. The van der Waals surface area contributed by atoms with Gasteiger partial charge in [0.05, 0.1) is 6.04 Å². The van der Waals surface area contributed by atoms with Gasteiger partial charge in [0, 0.05) is 12.3 Å². The van der Waals surface area contributed by atoms with Crippen molar-refractivity contribution in [2.75, 3.05) is 30.9 Å². The molecule has 1 saturated heterocycles. The Hall–Kier alpha value is -1.50. The lowest BCUT2D eigenvalue weighted by Gasteiger charge is -2.28. The zero-order valence-electron chi connectivity index (χ0n) is 17.9. The van der Waals surface area contributed by atoms with Crippen LogP contribution in [0.5, 0.6) is 0 Å². The number of unbranched alkanes of at least 4 members (excludes halogenated alkanes) is 1. The quantitative estimate of drug-likeness (QED) is 0.139. The highest BCUT2D eigenvalue weighted by molar-refractivity contribution is 7.98. The van der Waals surface area contributed by atoms with Crippen molar-refractivity contribution >= 4 is 48.1 Å². The van der Waals surface area contributed by atoms with Crippen LogP contribution in [0.2, 0.25) is 0 Å². The average molecular weight is 478 g/mol. The predicted octanol–water partition coefficient (Wildman–Crippen LogP) is -0.829. The summed E-state index contributed by atoms with van der Waals surface area (Å²) < 4.78 is 0. The van der Waals surface area contributed by atoms with Gasteiger partial charge < -0.3 is 32.1 Å². The number of carbonyl (C=O) groups excluding carboxylic acids is 3. The predicted molar refractivity (Wildman–Crippen MR) is 124 cm³/mol. The minimum absolute atomic E-state index is 0.167. The van der Waals surface area contributed by atoms with Crippen LogP contribution in [0.3, 0.4) is 0 Å². The Balaban J connectivity index is 2.87. The zero-order chi connectivity index (χ0) is 23.4. The number of carboxylic acid groups (broad SMARTS) is 1. The molecule has 0 bridgehead atoms. The maximum atomic E-state index is 12.9. The Morgan fingerprint density at radius 3 is 2.48 bits per heavy atom. The van der Waals surface area contributed by atoms with E-state index in [0.717, 1.165) is 0 Å². The molecule has 4 unspecified atom stereocenters. The number of rotatable bonds is 14. The highest BCUT2D eigenvalue weighted by Gasteiger charge is 2.37. The van der Waals surface area contributed by atoms with Crippen molar-refractivity contribution in [2.24, 2.45) is 11.5 Å². The number of nitrogens with one attached hydrogen (secondary N) is 2. The van der Waals surface area contributed by atoms with Gasteiger partial charge >= 0.3 is 5.97 Å². The van der Waals surface area contributed by atoms with Crippen LogP contribution in [-0.2, 0) is 19.2 Å². The number of thioether (sulfide) groups is 1. The van der Waals surface area contributed by atoms with Gasteiger partial charge in [0.25, 0.3) is 0 Å². The topological polar surface area (TPSA) is 168 Å². The standard InChI is InChI=1S/C19H35N5O5S2/c1-31-10-7-14(19(28)29)23-16(25)13(5-2-3-8-20)22-17(26)15-6-4-9-24(15)18(27)12(21)11-30/h12-15,30H,2-11,20-21H2,1H3,(H,22,26)(H,23,25)(H,28,29). The van der Waals surface area contributed by atoms with E-state index in [1.807, 2.05) is 6.26 Å². The Labute approximate surface area is 193 Å². The molecule has 1 rings (SSSR count). The van der Waals surface area contributed by atoms with E-state index in [1.165, 1.54) is 16.7 Å². The summed E-state index contributed by atoms with van der Waals surface area (Å²) >= 11 is 5.53. The average Bonchev–Trinajstić information content (AvgIpc) is 3.24. The van der Waals surface area contributed by atoms with E-state index < -0.39 is 42.0 Å². The minimum Gasteiger partial charge on any atom is -0.480 e. The fraction of sp³-hybridized carbons (Fsp3) is 0.789. The number of carbonyl (C=O) groups is 4. The summed E-state index contributed by atoms with van der Waals surface area (Å²) in [6.07, 6.45) is 4.83. The van der Waals surface area contributed by atoms with E-state index in [2.05, 4.69) is 23.3 Å². The van der Waals surface area contributed by atoms with Gasteiger partial charge in [-0.3, -0.25) is 14.4 Å². The van der Waals surface area contributed by atoms with Gasteiger partial charge in [0.2, 0.25) is 17.7 Å². The van der Waals surface area contributed by atoms with Gasteiger partial charge in [-0.05, 0) is 57.1 Å². The maximum absolute atomic E-state index is 12.9. The monoisotopic (exact) mass is 477 g/mol. The molecule has 1 aliphatic heterocycles. The first-order valence-electron chi connectivity index (χ1n) is 10.5. The number of nitrogens with two attached hydrogens (primary N) is 2. The number of likely N-dealkylation sites (tertiary alicyclic amines) is 1.